The summed E-state index contributed by atoms with van der Waals surface area (Å²) in [5.41, 5.74) is 1.28. The van der Waals surface area contributed by atoms with Crippen LogP contribution in [0.4, 0.5) is 0 Å². The highest BCUT2D eigenvalue weighted by atomic mass is 32.1. The molecule has 0 aromatic carbocycles. The van der Waals surface area contributed by atoms with E-state index in [9.17, 15) is 0 Å². The maximum atomic E-state index is 5.22. The van der Waals surface area contributed by atoms with Gasteiger partial charge in [-0.1, -0.05) is 45.0 Å². The molecule has 0 bridgehead atoms. The van der Waals surface area contributed by atoms with E-state index in [4.69, 9.17) is 12.2 Å². The van der Waals surface area contributed by atoms with Crippen molar-refractivity contribution in [1.82, 2.24) is 4.98 Å². The molecule has 0 amide bonds. The molecule has 13 heavy (non-hydrogen) atoms. The Balaban J connectivity index is 2.71. The third kappa shape index (κ3) is 2.96. The monoisotopic (exact) mass is 195 g/mol. The Morgan fingerprint density at radius 2 is 2.31 bits per heavy atom. The Kier molecular flexibility index (Phi) is 4.16. The summed E-state index contributed by atoms with van der Waals surface area (Å²) < 4.78 is 0.895. The van der Waals surface area contributed by atoms with Gasteiger partial charge < -0.3 is 4.98 Å². The Morgan fingerprint density at radius 1 is 1.54 bits per heavy atom. The smallest absolute Gasteiger partial charge is 0.106 e. The highest BCUT2D eigenvalue weighted by Crippen LogP contribution is 2.21. The van der Waals surface area contributed by atoms with Crippen molar-refractivity contribution < 1.29 is 0 Å². The number of rotatable bonds is 4. The average Bonchev–Trinajstić information content (AvgIpc) is 2.15. The molecule has 0 saturated heterocycles. The number of aromatic nitrogens is 1. The number of hydrogen-bond donors (Lipinski definition) is 1. The van der Waals surface area contributed by atoms with E-state index in [0.717, 1.165) is 4.64 Å². The minimum absolute atomic E-state index is 0.588. The second kappa shape index (κ2) is 5.18. The summed E-state index contributed by atoms with van der Waals surface area (Å²) in [6.45, 7) is 4.47. The molecule has 0 aliphatic heterocycles. The lowest BCUT2D eigenvalue weighted by Gasteiger charge is -2.10. The zero-order valence-corrected chi connectivity index (χ0v) is 9.16. The predicted octanol–water partition coefficient (Wildman–Crippen LogP) is 4.04. The van der Waals surface area contributed by atoms with E-state index < -0.39 is 0 Å². The first-order chi connectivity index (χ1) is 6.25. The Hall–Kier alpha value is -0.630. The minimum atomic E-state index is 0.588. The Morgan fingerprint density at radius 3 is 2.92 bits per heavy atom. The molecule has 72 valence electrons. The fraction of sp³-hybridized carbons (Fsp3) is 0.545. The topological polar surface area (TPSA) is 15.8 Å². The SMILES string of the molecule is CCCCC(C)c1ccc[nH]c1=S. The predicted molar refractivity (Wildman–Crippen MR) is 59.6 cm³/mol. The maximum Gasteiger partial charge on any atom is 0.106 e. The molecule has 1 atom stereocenters. The first-order valence-electron chi connectivity index (χ1n) is 4.93. The number of H-pyrrole nitrogens is 1. The number of unbranched alkanes of at least 4 members (excludes halogenated alkanes) is 1. The molecule has 1 N–H and O–H groups in total. The van der Waals surface area contributed by atoms with Gasteiger partial charge in [-0.05, 0) is 24.0 Å². The molecule has 2 heteroatoms. The highest BCUT2D eigenvalue weighted by Gasteiger charge is 2.05. The van der Waals surface area contributed by atoms with Gasteiger partial charge in [-0.15, -0.1) is 0 Å². The first kappa shape index (κ1) is 10.5. The average molecular weight is 195 g/mol. The lowest BCUT2D eigenvalue weighted by atomic mass is 9.97. The van der Waals surface area contributed by atoms with Crippen molar-refractivity contribution in [1.29, 1.82) is 0 Å². The van der Waals surface area contributed by atoms with Gasteiger partial charge in [-0.3, -0.25) is 0 Å². The maximum absolute atomic E-state index is 5.22. The van der Waals surface area contributed by atoms with Crippen LogP contribution in [0.15, 0.2) is 18.3 Å². The van der Waals surface area contributed by atoms with Crippen LogP contribution in [-0.2, 0) is 0 Å². The lowest BCUT2D eigenvalue weighted by molar-refractivity contribution is 0.621. The van der Waals surface area contributed by atoms with Crippen molar-refractivity contribution in [2.24, 2.45) is 0 Å². The molecule has 0 radical (unpaired) electrons. The first-order valence-corrected chi connectivity index (χ1v) is 5.34. The van der Waals surface area contributed by atoms with Gasteiger partial charge in [0.25, 0.3) is 0 Å². The fourth-order valence-corrected chi connectivity index (χ4v) is 1.83. The molecular weight excluding hydrogens is 178 g/mol. The number of nitrogens with one attached hydrogen (secondary N) is 1. The third-order valence-corrected chi connectivity index (χ3v) is 2.72. The molecule has 1 aromatic rings. The number of aromatic amines is 1. The quantitative estimate of drug-likeness (QED) is 0.717. The summed E-state index contributed by atoms with van der Waals surface area (Å²) in [6, 6.07) is 4.15. The second-order valence-electron chi connectivity index (χ2n) is 3.50. The second-order valence-corrected chi connectivity index (χ2v) is 3.91. The summed E-state index contributed by atoms with van der Waals surface area (Å²) in [6.07, 6.45) is 5.66. The van der Waals surface area contributed by atoms with Gasteiger partial charge in [0.15, 0.2) is 0 Å². The molecule has 0 aliphatic carbocycles. The fourth-order valence-electron chi connectivity index (χ4n) is 1.49. The van der Waals surface area contributed by atoms with Crippen LogP contribution in [0.5, 0.6) is 0 Å². The van der Waals surface area contributed by atoms with Crippen LogP contribution < -0.4 is 0 Å². The molecule has 1 aromatic heterocycles. The third-order valence-electron chi connectivity index (χ3n) is 2.37. The van der Waals surface area contributed by atoms with Crippen molar-refractivity contribution in [3.05, 3.63) is 28.5 Å². The van der Waals surface area contributed by atoms with E-state index in [2.05, 4.69) is 24.9 Å². The van der Waals surface area contributed by atoms with Gasteiger partial charge in [0.2, 0.25) is 0 Å². The van der Waals surface area contributed by atoms with Gasteiger partial charge in [0.05, 0.1) is 0 Å². The van der Waals surface area contributed by atoms with Crippen molar-refractivity contribution in [2.75, 3.05) is 0 Å². The van der Waals surface area contributed by atoms with Crippen LogP contribution in [0.1, 0.15) is 44.6 Å². The van der Waals surface area contributed by atoms with Crippen LogP contribution in [0.3, 0.4) is 0 Å². The largest absolute Gasteiger partial charge is 0.353 e. The molecule has 0 aliphatic rings. The summed E-state index contributed by atoms with van der Waals surface area (Å²) in [5, 5.41) is 0. The summed E-state index contributed by atoms with van der Waals surface area (Å²) in [4.78, 5) is 3.07. The molecule has 1 unspecified atom stereocenters. The van der Waals surface area contributed by atoms with E-state index in [0.29, 0.717) is 5.92 Å². The van der Waals surface area contributed by atoms with Crippen molar-refractivity contribution >= 4 is 12.2 Å². The highest BCUT2D eigenvalue weighted by molar-refractivity contribution is 7.71. The van der Waals surface area contributed by atoms with Crippen LogP contribution in [0.2, 0.25) is 0 Å². The van der Waals surface area contributed by atoms with E-state index in [1.807, 2.05) is 12.3 Å². The summed E-state index contributed by atoms with van der Waals surface area (Å²) >= 11 is 5.22. The van der Waals surface area contributed by atoms with E-state index in [1.54, 1.807) is 0 Å². The molecular formula is C11H17NS. The number of pyridine rings is 1. The van der Waals surface area contributed by atoms with Crippen LogP contribution >= 0.6 is 12.2 Å². The van der Waals surface area contributed by atoms with Gasteiger partial charge in [0.1, 0.15) is 4.64 Å². The van der Waals surface area contributed by atoms with Gasteiger partial charge in [-0.25, -0.2) is 0 Å². The van der Waals surface area contributed by atoms with Gasteiger partial charge in [-0.2, -0.15) is 0 Å². The van der Waals surface area contributed by atoms with Crippen LogP contribution in [0, 0.1) is 4.64 Å². The zero-order valence-electron chi connectivity index (χ0n) is 8.34. The molecule has 1 nitrogen and oxygen atoms in total. The van der Waals surface area contributed by atoms with Gasteiger partial charge >= 0.3 is 0 Å². The van der Waals surface area contributed by atoms with Gasteiger partial charge in [0, 0.05) is 6.20 Å². The summed E-state index contributed by atoms with van der Waals surface area (Å²) in [7, 11) is 0. The zero-order chi connectivity index (χ0) is 9.68. The van der Waals surface area contributed by atoms with Crippen molar-refractivity contribution in [3.63, 3.8) is 0 Å². The molecule has 0 fully saturated rings. The van der Waals surface area contributed by atoms with Crippen LogP contribution in [-0.4, -0.2) is 4.98 Å². The number of hydrogen-bond acceptors (Lipinski definition) is 1. The van der Waals surface area contributed by atoms with Crippen LogP contribution in [0.25, 0.3) is 0 Å². The van der Waals surface area contributed by atoms with E-state index >= 15 is 0 Å². The molecule has 1 rings (SSSR count). The molecule has 0 saturated carbocycles. The normalized spacial score (nSPS) is 12.8. The molecule has 0 spiro atoms. The standard InChI is InChI=1S/C11H17NS/c1-3-4-6-9(2)10-7-5-8-12-11(10)13/h5,7-9H,3-4,6H2,1-2H3,(H,12,13). The van der Waals surface area contributed by atoms with E-state index in [-0.39, 0.29) is 0 Å². The van der Waals surface area contributed by atoms with Crippen molar-refractivity contribution in [2.45, 2.75) is 39.0 Å². The Labute approximate surface area is 85.2 Å². The Bertz CT molecular complexity index is 303. The van der Waals surface area contributed by atoms with Crippen molar-refractivity contribution in [3.8, 4) is 0 Å². The lowest BCUT2D eigenvalue weighted by Crippen LogP contribution is -1.95. The van der Waals surface area contributed by atoms with E-state index in [1.165, 1.54) is 24.8 Å². The minimum Gasteiger partial charge on any atom is -0.353 e. The molecule has 1 heterocycles. The summed E-state index contributed by atoms with van der Waals surface area (Å²) in [5.74, 6) is 0.588.